The summed E-state index contributed by atoms with van der Waals surface area (Å²) in [6.45, 7) is 8.07. The molecule has 0 spiro atoms. The molecule has 148 valence electrons. The predicted octanol–water partition coefficient (Wildman–Crippen LogP) is 7.02. The summed E-state index contributed by atoms with van der Waals surface area (Å²) >= 11 is 17.8. The quantitative estimate of drug-likeness (QED) is 0.399. The van der Waals surface area contributed by atoms with E-state index in [9.17, 15) is 4.79 Å². The van der Waals surface area contributed by atoms with Crippen LogP contribution in [-0.2, 0) is 10.2 Å². The number of nitrogens with zero attached hydrogens (tertiary/aromatic N) is 1. The normalized spacial score (nSPS) is 16.7. The first-order chi connectivity index (χ1) is 13.4. The van der Waals surface area contributed by atoms with Crippen molar-refractivity contribution in [2.75, 3.05) is 19.6 Å². The fourth-order valence-electron chi connectivity index (χ4n) is 3.73. The molecular weight excluding hydrogens is 477 g/mol. The highest BCUT2D eigenvalue weighted by Gasteiger charge is 2.42. The van der Waals surface area contributed by atoms with Gasteiger partial charge in [-0.25, -0.2) is 0 Å². The molecule has 0 saturated carbocycles. The lowest BCUT2D eigenvalue weighted by Gasteiger charge is -2.41. The maximum absolute atomic E-state index is 12.9. The Morgan fingerprint density at radius 2 is 1.82 bits per heavy atom. The van der Waals surface area contributed by atoms with Crippen molar-refractivity contribution in [2.24, 2.45) is 0 Å². The first kappa shape index (κ1) is 21.9. The molecule has 6 heteroatoms. The zero-order valence-electron chi connectivity index (χ0n) is 15.7. The third-order valence-corrected chi connectivity index (χ3v) is 7.67. The number of hydrogen-bond donors (Lipinski definition) is 0. The smallest absolute Gasteiger partial charge is 0.140 e. The highest BCUT2D eigenvalue weighted by Crippen LogP contribution is 2.45. The molecule has 0 radical (unpaired) electrons. The lowest BCUT2D eigenvalue weighted by molar-refractivity contribution is -0.124. The fourth-order valence-corrected chi connectivity index (χ4v) is 5.45. The van der Waals surface area contributed by atoms with E-state index < -0.39 is 5.41 Å². The van der Waals surface area contributed by atoms with Gasteiger partial charge < -0.3 is 0 Å². The van der Waals surface area contributed by atoms with E-state index in [1.807, 2.05) is 42.5 Å². The van der Waals surface area contributed by atoms with Crippen LogP contribution in [0.4, 0.5) is 0 Å². The van der Waals surface area contributed by atoms with E-state index in [4.69, 9.17) is 23.2 Å². The van der Waals surface area contributed by atoms with Crippen LogP contribution in [0.1, 0.15) is 25.3 Å². The van der Waals surface area contributed by atoms with Gasteiger partial charge in [-0.1, -0.05) is 57.0 Å². The van der Waals surface area contributed by atoms with Gasteiger partial charge >= 0.3 is 0 Å². The number of piperidine rings is 1. The summed E-state index contributed by atoms with van der Waals surface area (Å²) < 4.78 is 1.03. The van der Waals surface area contributed by atoms with E-state index in [0.717, 1.165) is 52.3 Å². The standard InChI is InChI=1S/C22H22BrCl2NOS/c1-3-10-26-11-8-22(9-12-26,15(2)27)18-13-19(24)20(25)14-21(18)28-17-6-4-16(23)5-7-17/h3-7,13-14H,1,8-12H2,2H3. The van der Waals surface area contributed by atoms with Gasteiger partial charge in [-0.2, -0.15) is 0 Å². The summed E-state index contributed by atoms with van der Waals surface area (Å²) in [6, 6.07) is 11.9. The maximum atomic E-state index is 12.9. The minimum Gasteiger partial charge on any atom is -0.300 e. The Morgan fingerprint density at radius 1 is 1.21 bits per heavy atom. The summed E-state index contributed by atoms with van der Waals surface area (Å²) in [5.41, 5.74) is 0.449. The second-order valence-corrected chi connectivity index (χ2v) is 9.89. The Hall–Kier alpha value is -0.780. The van der Waals surface area contributed by atoms with Crippen molar-refractivity contribution in [1.82, 2.24) is 4.90 Å². The van der Waals surface area contributed by atoms with Gasteiger partial charge in [0.1, 0.15) is 5.78 Å². The molecule has 1 aliphatic heterocycles. The molecule has 0 aromatic heterocycles. The molecule has 1 heterocycles. The predicted molar refractivity (Wildman–Crippen MR) is 123 cm³/mol. The Kier molecular flexibility index (Phi) is 7.32. The number of carbonyl (C=O) groups is 1. The summed E-state index contributed by atoms with van der Waals surface area (Å²) in [5.74, 6) is 0.182. The van der Waals surface area contributed by atoms with Crippen molar-refractivity contribution in [3.8, 4) is 0 Å². The van der Waals surface area contributed by atoms with Crippen LogP contribution in [0.3, 0.4) is 0 Å². The maximum Gasteiger partial charge on any atom is 0.140 e. The Morgan fingerprint density at radius 3 is 2.39 bits per heavy atom. The topological polar surface area (TPSA) is 20.3 Å². The van der Waals surface area contributed by atoms with Gasteiger partial charge in [0, 0.05) is 20.8 Å². The number of benzene rings is 2. The monoisotopic (exact) mass is 497 g/mol. The molecule has 1 saturated heterocycles. The van der Waals surface area contributed by atoms with Crippen molar-refractivity contribution >= 4 is 56.7 Å². The number of carbonyl (C=O) groups excluding carboxylic acids is 1. The first-order valence-corrected chi connectivity index (χ1v) is 11.5. The number of halogens is 3. The molecule has 2 nitrogen and oxygen atoms in total. The molecule has 0 N–H and O–H groups in total. The van der Waals surface area contributed by atoms with E-state index in [-0.39, 0.29) is 5.78 Å². The third-order valence-electron chi connectivity index (χ3n) is 5.35. The number of ketones is 1. The van der Waals surface area contributed by atoms with Crippen molar-refractivity contribution in [3.05, 3.63) is 69.1 Å². The first-order valence-electron chi connectivity index (χ1n) is 9.13. The van der Waals surface area contributed by atoms with Crippen LogP contribution in [0, 0.1) is 0 Å². The van der Waals surface area contributed by atoms with Gasteiger partial charge in [-0.3, -0.25) is 9.69 Å². The molecule has 0 atom stereocenters. The lowest BCUT2D eigenvalue weighted by atomic mass is 9.70. The van der Waals surface area contributed by atoms with Gasteiger partial charge in [-0.05, 0) is 74.8 Å². The van der Waals surface area contributed by atoms with Crippen LogP contribution in [0.2, 0.25) is 10.0 Å². The van der Waals surface area contributed by atoms with E-state index in [2.05, 4.69) is 27.4 Å². The zero-order chi connectivity index (χ0) is 20.3. The van der Waals surface area contributed by atoms with Crippen LogP contribution in [0.15, 0.2) is 63.3 Å². The largest absolute Gasteiger partial charge is 0.300 e. The molecule has 1 aliphatic rings. The van der Waals surface area contributed by atoms with Crippen LogP contribution < -0.4 is 0 Å². The average Bonchev–Trinajstić information content (AvgIpc) is 2.67. The lowest BCUT2D eigenvalue weighted by Crippen LogP contribution is -2.46. The molecule has 2 aromatic carbocycles. The Bertz CT molecular complexity index is 877. The zero-order valence-corrected chi connectivity index (χ0v) is 19.6. The molecule has 2 aromatic rings. The molecule has 0 aliphatic carbocycles. The Balaban J connectivity index is 2.02. The van der Waals surface area contributed by atoms with E-state index in [1.165, 1.54) is 0 Å². The average molecular weight is 499 g/mol. The minimum atomic E-state index is -0.538. The van der Waals surface area contributed by atoms with Gasteiger partial charge in [-0.15, -0.1) is 6.58 Å². The van der Waals surface area contributed by atoms with Gasteiger partial charge in [0.2, 0.25) is 0 Å². The van der Waals surface area contributed by atoms with Crippen LogP contribution in [0.5, 0.6) is 0 Å². The Labute approximate surface area is 189 Å². The minimum absolute atomic E-state index is 0.182. The molecule has 28 heavy (non-hydrogen) atoms. The number of Topliss-reactive ketones (excluding diaryl/α,β-unsaturated/α-hetero) is 1. The summed E-state index contributed by atoms with van der Waals surface area (Å²) in [4.78, 5) is 17.3. The highest BCUT2D eigenvalue weighted by atomic mass is 79.9. The second kappa shape index (κ2) is 9.36. The second-order valence-electron chi connectivity index (χ2n) is 7.05. The molecule has 1 fully saturated rings. The van der Waals surface area contributed by atoms with Crippen LogP contribution in [-0.4, -0.2) is 30.3 Å². The van der Waals surface area contributed by atoms with Crippen LogP contribution in [0.25, 0.3) is 0 Å². The van der Waals surface area contributed by atoms with Crippen LogP contribution >= 0.6 is 50.9 Å². The summed E-state index contributed by atoms with van der Waals surface area (Å²) in [6.07, 6.45) is 3.44. The van der Waals surface area contributed by atoms with Gasteiger partial charge in [0.15, 0.2) is 0 Å². The van der Waals surface area contributed by atoms with Crippen molar-refractivity contribution in [1.29, 1.82) is 0 Å². The van der Waals surface area contributed by atoms with Crippen molar-refractivity contribution < 1.29 is 4.79 Å². The van der Waals surface area contributed by atoms with Gasteiger partial charge in [0.05, 0.1) is 15.5 Å². The molecular formula is C22H22BrCl2NOS. The van der Waals surface area contributed by atoms with E-state index >= 15 is 0 Å². The summed E-state index contributed by atoms with van der Waals surface area (Å²) in [5, 5.41) is 0.999. The fraction of sp³-hybridized carbons (Fsp3) is 0.318. The molecule has 3 rings (SSSR count). The number of rotatable bonds is 6. The highest BCUT2D eigenvalue weighted by molar-refractivity contribution is 9.10. The van der Waals surface area contributed by atoms with E-state index in [0.29, 0.717) is 10.0 Å². The summed E-state index contributed by atoms with van der Waals surface area (Å²) in [7, 11) is 0. The SMILES string of the molecule is C=CCN1CCC(C(C)=O)(c2cc(Cl)c(Cl)cc2Sc2ccc(Br)cc2)CC1. The third kappa shape index (κ3) is 4.68. The van der Waals surface area contributed by atoms with Gasteiger partial charge in [0.25, 0.3) is 0 Å². The molecule has 0 bridgehead atoms. The number of hydrogen-bond acceptors (Lipinski definition) is 3. The van der Waals surface area contributed by atoms with Crippen molar-refractivity contribution in [2.45, 2.75) is 35.0 Å². The molecule has 0 unspecified atom stereocenters. The number of likely N-dealkylation sites (tertiary alicyclic amines) is 1. The van der Waals surface area contributed by atoms with Crippen molar-refractivity contribution in [3.63, 3.8) is 0 Å². The molecule has 0 amide bonds. The van der Waals surface area contributed by atoms with E-state index in [1.54, 1.807) is 18.7 Å².